The van der Waals surface area contributed by atoms with Crippen LogP contribution < -0.4 is 19.3 Å². The molecule has 1 fully saturated rings. The van der Waals surface area contributed by atoms with Crippen molar-refractivity contribution >= 4 is 28.8 Å². The number of anilines is 2. The topological polar surface area (TPSA) is 79.3 Å². The fourth-order valence-electron chi connectivity index (χ4n) is 4.71. The van der Waals surface area contributed by atoms with Crippen LogP contribution in [0.5, 0.6) is 11.5 Å². The normalized spacial score (nSPS) is 16.6. The maximum Gasteiger partial charge on any atom is 0.300 e. The highest BCUT2D eigenvalue weighted by Gasteiger charge is 2.47. The largest absolute Gasteiger partial charge is 0.507 e. The van der Waals surface area contributed by atoms with Crippen molar-refractivity contribution in [2.45, 2.75) is 26.8 Å². The van der Waals surface area contributed by atoms with E-state index in [1.807, 2.05) is 31.2 Å². The Hall–Kier alpha value is -4.26. The molecule has 1 atom stereocenters. The summed E-state index contributed by atoms with van der Waals surface area (Å²) in [5.74, 6) is -0.617. The zero-order chi connectivity index (χ0) is 26.5. The molecular formula is C30H32N2O5. The van der Waals surface area contributed by atoms with Gasteiger partial charge in [-0.05, 0) is 74.9 Å². The summed E-state index contributed by atoms with van der Waals surface area (Å²) in [6, 6.07) is 20.8. The molecule has 1 heterocycles. The van der Waals surface area contributed by atoms with Crippen LogP contribution in [0.4, 0.5) is 11.4 Å². The van der Waals surface area contributed by atoms with Crippen molar-refractivity contribution in [3.05, 3.63) is 89.5 Å². The number of amides is 1. The van der Waals surface area contributed by atoms with Gasteiger partial charge in [0.2, 0.25) is 0 Å². The van der Waals surface area contributed by atoms with Gasteiger partial charge in [0.15, 0.2) is 0 Å². The summed E-state index contributed by atoms with van der Waals surface area (Å²) in [7, 11) is 1.52. The molecule has 7 nitrogen and oxygen atoms in total. The minimum absolute atomic E-state index is 0.0238. The van der Waals surface area contributed by atoms with Crippen LogP contribution in [-0.4, -0.2) is 43.6 Å². The second-order valence-electron chi connectivity index (χ2n) is 8.56. The van der Waals surface area contributed by atoms with E-state index in [0.717, 1.165) is 18.8 Å². The van der Waals surface area contributed by atoms with Crippen molar-refractivity contribution < 1.29 is 24.2 Å². The Kier molecular flexibility index (Phi) is 7.82. The SMILES string of the molecule is CCOc1ccc(/C(O)=C2/C(=O)C(=O)N(c3ccccc3OC)C2c2ccc(N(CC)CC)cc2)cc1. The van der Waals surface area contributed by atoms with Crippen molar-refractivity contribution in [3.63, 3.8) is 0 Å². The zero-order valence-corrected chi connectivity index (χ0v) is 21.6. The highest BCUT2D eigenvalue weighted by Crippen LogP contribution is 2.45. The summed E-state index contributed by atoms with van der Waals surface area (Å²) >= 11 is 0. The van der Waals surface area contributed by atoms with E-state index in [0.29, 0.717) is 34.9 Å². The number of methoxy groups -OCH3 is 1. The summed E-state index contributed by atoms with van der Waals surface area (Å²) in [6.45, 7) is 8.29. The minimum atomic E-state index is -0.839. The first-order chi connectivity index (χ1) is 17.9. The van der Waals surface area contributed by atoms with Crippen LogP contribution in [-0.2, 0) is 9.59 Å². The van der Waals surface area contributed by atoms with E-state index >= 15 is 0 Å². The van der Waals surface area contributed by atoms with Gasteiger partial charge in [0.1, 0.15) is 17.3 Å². The maximum atomic E-state index is 13.5. The number of hydrogen-bond donors (Lipinski definition) is 1. The Labute approximate surface area is 217 Å². The van der Waals surface area contributed by atoms with E-state index in [1.165, 1.54) is 12.0 Å². The fraction of sp³-hybridized carbons (Fsp3) is 0.267. The number of hydrogen-bond acceptors (Lipinski definition) is 6. The summed E-state index contributed by atoms with van der Waals surface area (Å²) in [6.07, 6.45) is 0. The van der Waals surface area contributed by atoms with Gasteiger partial charge in [-0.15, -0.1) is 0 Å². The Morgan fingerprint density at radius 2 is 1.57 bits per heavy atom. The third-order valence-electron chi connectivity index (χ3n) is 6.57. The lowest BCUT2D eigenvalue weighted by Gasteiger charge is -2.27. The fourth-order valence-corrected chi connectivity index (χ4v) is 4.71. The average molecular weight is 501 g/mol. The molecule has 0 saturated carbocycles. The summed E-state index contributed by atoms with van der Waals surface area (Å²) in [4.78, 5) is 30.5. The minimum Gasteiger partial charge on any atom is -0.507 e. The van der Waals surface area contributed by atoms with Gasteiger partial charge < -0.3 is 19.5 Å². The molecule has 0 spiro atoms. The van der Waals surface area contributed by atoms with Crippen molar-refractivity contribution in [1.82, 2.24) is 0 Å². The summed E-state index contributed by atoms with van der Waals surface area (Å²) in [5.41, 5.74) is 2.64. The van der Waals surface area contributed by atoms with Crippen molar-refractivity contribution in [2.75, 3.05) is 36.6 Å². The molecule has 1 saturated heterocycles. The number of Topliss-reactive ketones (excluding diaryl/α,β-unsaturated/α-hetero) is 1. The van der Waals surface area contributed by atoms with Gasteiger partial charge in [-0.1, -0.05) is 24.3 Å². The van der Waals surface area contributed by atoms with Gasteiger partial charge in [-0.3, -0.25) is 14.5 Å². The molecule has 1 N–H and O–H groups in total. The molecule has 0 radical (unpaired) electrons. The third kappa shape index (κ3) is 4.89. The lowest BCUT2D eigenvalue weighted by molar-refractivity contribution is -0.132. The van der Waals surface area contributed by atoms with Crippen LogP contribution in [0.3, 0.4) is 0 Å². The number of benzene rings is 3. The first kappa shape index (κ1) is 25.8. The summed E-state index contributed by atoms with van der Waals surface area (Å²) < 4.78 is 11.0. The maximum absolute atomic E-state index is 13.5. The molecule has 3 aromatic carbocycles. The lowest BCUT2D eigenvalue weighted by atomic mass is 9.94. The molecule has 1 amide bonds. The second kappa shape index (κ2) is 11.2. The molecular weight excluding hydrogens is 468 g/mol. The number of ether oxygens (including phenoxy) is 2. The Balaban J connectivity index is 1.89. The lowest BCUT2D eigenvalue weighted by Crippen LogP contribution is -2.30. The van der Waals surface area contributed by atoms with Crippen LogP contribution in [0.15, 0.2) is 78.4 Å². The molecule has 0 bridgehead atoms. The zero-order valence-electron chi connectivity index (χ0n) is 21.6. The van der Waals surface area contributed by atoms with Crippen LogP contribution >= 0.6 is 0 Å². The van der Waals surface area contributed by atoms with Crippen LogP contribution in [0.25, 0.3) is 5.76 Å². The molecule has 1 unspecified atom stereocenters. The highest BCUT2D eigenvalue weighted by molar-refractivity contribution is 6.51. The van der Waals surface area contributed by atoms with Gasteiger partial charge in [-0.2, -0.15) is 0 Å². The Bertz CT molecular complexity index is 1290. The standard InChI is InChI=1S/C30H32N2O5/c1-5-31(6-2)22-16-12-20(13-17-22)27-26(28(33)21-14-18-23(19-15-21)37-7-3)29(34)30(35)32(27)24-10-8-9-11-25(24)36-4/h8-19,27,33H,5-7H2,1-4H3/b28-26-. The Morgan fingerprint density at radius 3 is 2.16 bits per heavy atom. The van der Waals surface area contributed by atoms with E-state index in [1.54, 1.807) is 48.5 Å². The number of rotatable bonds is 9. The molecule has 3 aromatic rings. The molecule has 4 rings (SSSR count). The smallest absolute Gasteiger partial charge is 0.300 e. The highest BCUT2D eigenvalue weighted by atomic mass is 16.5. The molecule has 37 heavy (non-hydrogen) atoms. The monoisotopic (exact) mass is 500 g/mol. The molecule has 192 valence electrons. The number of nitrogens with zero attached hydrogens (tertiary/aromatic N) is 2. The van der Waals surface area contributed by atoms with Crippen molar-refractivity contribution in [2.24, 2.45) is 0 Å². The van der Waals surface area contributed by atoms with Gasteiger partial charge in [-0.25, -0.2) is 0 Å². The van der Waals surface area contributed by atoms with Gasteiger partial charge >= 0.3 is 0 Å². The molecule has 7 heteroatoms. The van der Waals surface area contributed by atoms with Gasteiger partial charge in [0.25, 0.3) is 11.7 Å². The van der Waals surface area contributed by atoms with Crippen LogP contribution in [0.2, 0.25) is 0 Å². The van der Waals surface area contributed by atoms with Gasteiger partial charge in [0.05, 0.1) is 31.0 Å². The number of carbonyl (C=O) groups excluding carboxylic acids is 2. The van der Waals surface area contributed by atoms with E-state index in [9.17, 15) is 14.7 Å². The van der Waals surface area contributed by atoms with Crippen LogP contribution in [0.1, 0.15) is 37.9 Å². The predicted octanol–water partition coefficient (Wildman–Crippen LogP) is 5.57. The number of aliphatic hydroxyl groups excluding tert-OH is 1. The number of para-hydroxylation sites is 2. The summed E-state index contributed by atoms with van der Waals surface area (Å²) in [5, 5.41) is 11.4. The Morgan fingerprint density at radius 1 is 0.919 bits per heavy atom. The molecule has 1 aliphatic rings. The quantitative estimate of drug-likeness (QED) is 0.235. The predicted molar refractivity (Wildman–Crippen MR) is 145 cm³/mol. The van der Waals surface area contributed by atoms with E-state index < -0.39 is 17.7 Å². The first-order valence-corrected chi connectivity index (χ1v) is 12.5. The molecule has 1 aliphatic heterocycles. The van der Waals surface area contributed by atoms with Crippen LogP contribution in [0, 0.1) is 0 Å². The number of carbonyl (C=O) groups is 2. The molecule has 0 aliphatic carbocycles. The van der Waals surface area contributed by atoms with Crippen molar-refractivity contribution in [3.8, 4) is 11.5 Å². The first-order valence-electron chi connectivity index (χ1n) is 12.5. The molecule has 0 aromatic heterocycles. The second-order valence-corrected chi connectivity index (χ2v) is 8.56. The third-order valence-corrected chi connectivity index (χ3v) is 6.57. The van der Waals surface area contributed by atoms with E-state index in [2.05, 4.69) is 18.7 Å². The average Bonchev–Trinajstić information content (AvgIpc) is 3.20. The van der Waals surface area contributed by atoms with Gasteiger partial charge in [0, 0.05) is 24.3 Å². The van der Waals surface area contributed by atoms with E-state index in [4.69, 9.17) is 9.47 Å². The number of aliphatic hydroxyl groups is 1. The number of ketones is 1. The van der Waals surface area contributed by atoms with Crippen molar-refractivity contribution in [1.29, 1.82) is 0 Å². The van der Waals surface area contributed by atoms with E-state index in [-0.39, 0.29) is 11.3 Å².